The third-order valence-corrected chi connectivity index (χ3v) is 3.65. The lowest BCUT2D eigenvalue weighted by atomic mass is 10.2. The summed E-state index contributed by atoms with van der Waals surface area (Å²) in [6.07, 6.45) is 2.41. The van der Waals surface area contributed by atoms with E-state index in [2.05, 4.69) is 10.3 Å². The zero-order valence-corrected chi connectivity index (χ0v) is 11.4. The Morgan fingerprint density at radius 1 is 1.40 bits per heavy atom. The van der Waals surface area contributed by atoms with Gasteiger partial charge in [0.2, 0.25) is 5.89 Å². The molecule has 2 aromatic rings. The second-order valence-corrected chi connectivity index (χ2v) is 4.97. The van der Waals surface area contributed by atoms with Crippen molar-refractivity contribution in [3.8, 4) is 11.5 Å². The van der Waals surface area contributed by atoms with Crippen molar-refractivity contribution in [1.29, 1.82) is 0 Å². The summed E-state index contributed by atoms with van der Waals surface area (Å²) < 4.78 is 5.41. The van der Waals surface area contributed by atoms with Crippen molar-refractivity contribution >= 4 is 5.91 Å². The van der Waals surface area contributed by atoms with Gasteiger partial charge in [0.1, 0.15) is 6.26 Å². The number of nitrogens with zero attached hydrogens (tertiary/aromatic N) is 2. The van der Waals surface area contributed by atoms with Crippen LogP contribution in [0.25, 0.3) is 11.5 Å². The predicted octanol–water partition coefficient (Wildman–Crippen LogP) is 1.78. The number of likely N-dealkylation sites (N-methyl/N-ethyl adjacent to an activating group) is 1. The van der Waals surface area contributed by atoms with Crippen LogP contribution in [0.4, 0.5) is 0 Å². The summed E-state index contributed by atoms with van der Waals surface area (Å²) >= 11 is 0. The first-order valence-electron chi connectivity index (χ1n) is 6.74. The Morgan fingerprint density at radius 3 is 2.90 bits per heavy atom. The lowest BCUT2D eigenvalue weighted by Gasteiger charge is -2.22. The van der Waals surface area contributed by atoms with Gasteiger partial charge >= 0.3 is 0 Å². The SMILES string of the molecule is CN(C(=O)c1coc(-c2ccccc2)n1)C1CCNC1. The van der Waals surface area contributed by atoms with Gasteiger partial charge in [0.15, 0.2) is 5.69 Å². The molecule has 1 aliphatic heterocycles. The van der Waals surface area contributed by atoms with Gasteiger partial charge in [0, 0.05) is 25.2 Å². The van der Waals surface area contributed by atoms with Crippen LogP contribution in [-0.4, -0.2) is 42.0 Å². The van der Waals surface area contributed by atoms with Gasteiger partial charge in [0.25, 0.3) is 5.91 Å². The molecule has 0 spiro atoms. The molecule has 0 radical (unpaired) electrons. The molecule has 1 saturated heterocycles. The summed E-state index contributed by atoms with van der Waals surface area (Å²) in [5.41, 5.74) is 1.23. The first-order chi connectivity index (χ1) is 9.75. The van der Waals surface area contributed by atoms with E-state index in [0.29, 0.717) is 11.6 Å². The summed E-state index contributed by atoms with van der Waals surface area (Å²) in [5.74, 6) is 0.386. The predicted molar refractivity (Wildman–Crippen MR) is 75.3 cm³/mol. The summed E-state index contributed by atoms with van der Waals surface area (Å²) in [5, 5.41) is 3.25. The molecule has 104 valence electrons. The molecule has 3 rings (SSSR count). The minimum absolute atomic E-state index is 0.0929. The van der Waals surface area contributed by atoms with Crippen molar-refractivity contribution in [2.75, 3.05) is 20.1 Å². The Balaban J connectivity index is 1.78. The maximum atomic E-state index is 12.4. The van der Waals surface area contributed by atoms with Gasteiger partial charge in [-0.05, 0) is 25.1 Å². The third kappa shape index (κ3) is 2.44. The molecule has 1 fully saturated rings. The van der Waals surface area contributed by atoms with Crippen LogP contribution in [0.1, 0.15) is 16.9 Å². The summed E-state index contributed by atoms with van der Waals surface area (Å²) in [4.78, 5) is 18.4. The Hall–Kier alpha value is -2.14. The summed E-state index contributed by atoms with van der Waals surface area (Å²) in [6, 6.07) is 9.81. The van der Waals surface area contributed by atoms with Crippen LogP contribution in [0.3, 0.4) is 0 Å². The van der Waals surface area contributed by atoms with Gasteiger partial charge in [-0.1, -0.05) is 18.2 Å². The highest BCUT2D eigenvalue weighted by Gasteiger charge is 2.26. The van der Waals surface area contributed by atoms with E-state index in [-0.39, 0.29) is 11.9 Å². The number of carbonyl (C=O) groups excluding carboxylic acids is 1. The van der Waals surface area contributed by atoms with E-state index < -0.39 is 0 Å². The normalized spacial score (nSPS) is 18.1. The highest BCUT2D eigenvalue weighted by molar-refractivity contribution is 5.92. The van der Waals surface area contributed by atoms with Crippen LogP contribution in [-0.2, 0) is 0 Å². The standard InChI is InChI=1S/C15H17N3O2/c1-18(12-7-8-16-9-12)15(19)13-10-20-14(17-13)11-5-3-2-4-6-11/h2-6,10,12,16H,7-9H2,1H3. The van der Waals surface area contributed by atoms with E-state index in [1.54, 1.807) is 4.90 Å². The van der Waals surface area contributed by atoms with Gasteiger partial charge in [-0.15, -0.1) is 0 Å². The molecule has 0 saturated carbocycles. The molecule has 1 amide bonds. The topological polar surface area (TPSA) is 58.4 Å². The average molecular weight is 271 g/mol. The molecule has 20 heavy (non-hydrogen) atoms. The lowest BCUT2D eigenvalue weighted by Crippen LogP contribution is -2.38. The Morgan fingerprint density at radius 2 is 2.20 bits per heavy atom. The first kappa shape index (κ1) is 12.9. The maximum Gasteiger partial charge on any atom is 0.275 e. The number of benzene rings is 1. The van der Waals surface area contributed by atoms with Crippen molar-refractivity contribution < 1.29 is 9.21 Å². The Kier molecular flexibility index (Phi) is 3.52. The van der Waals surface area contributed by atoms with E-state index in [1.807, 2.05) is 37.4 Å². The van der Waals surface area contributed by atoms with Crippen LogP contribution >= 0.6 is 0 Å². The number of amides is 1. The van der Waals surface area contributed by atoms with Gasteiger partial charge < -0.3 is 14.6 Å². The number of hydrogen-bond donors (Lipinski definition) is 1. The van der Waals surface area contributed by atoms with Crippen molar-refractivity contribution in [1.82, 2.24) is 15.2 Å². The van der Waals surface area contributed by atoms with Crippen LogP contribution in [0.15, 0.2) is 41.0 Å². The average Bonchev–Trinajstić information content (AvgIpc) is 3.18. The molecule has 5 heteroatoms. The van der Waals surface area contributed by atoms with Crippen LogP contribution < -0.4 is 5.32 Å². The van der Waals surface area contributed by atoms with Gasteiger partial charge in [-0.2, -0.15) is 0 Å². The molecule has 1 aromatic heterocycles. The second kappa shape index (κ2) is 5.46. The second-order valence-electron chi connectivity index (χ2n) is 4.97. The first-order valence-corrected chi connectivity index (χ1v) is 6.74. The molecule has 0 bridgehead atoms. The number of nitrogens with one attached hydrogen (secondary N) is 1. The molecule has 1 atom stereocenters. The quantitative estimate of drug-likeness (QED) is 0.924. The fourth-order valence-corrected chi connectivity index (χ4v) is 2.40. The molecule has 0 aliphatic carbocycles. The molecule has 1 aliphatic rings. The zero-order valence-electron chi connectivity index (χ0n) is 11.4. The van der Waals surface area contributed by atoms with E-state index >= 15 is 0 Å². The van der Waals surface area contributed by atoms with Crippen molar-refractivity contribution in [3.05, 3.63) is 42.3 Å². The number of rotatable bonds is 3. The van der Waals surface area contributed by atoms with E-state index in [4.69, 9.17) is 4.42 Å². The smallest absolute Gasteiger partial charge is 0.275 e. The number of carbonyl (C=O) groups is 1. The van der Waals surface area contributed by atoms with Gasteiger partial charge in [-0.25, -0.2) is 4.98 Å². The fraction of sp³-hybridized carbons (Fsp3) is 0.333. The van der Waals surface area contributed by atoms with E-state index in [9.17, 15) is 4.79 Å². The molecule has 2 heterocycles. The number of hydrogen-bond acceptors (Lipinski definition) is 4. The minimum atomic E-state index is -0.0929. The number of oxazole rings is 1. The molecule has 1 N–H and O–H groups in total. The summed E-state index contributed by atoms with van der Waals surface area (Å²) in [6.45, 7) is 1.79. The highest BCUT2D eigenvalue weighted by Crippen LogP contribution is 2.19. The fourth-order valence-electron chi connectivity index (χ4n) is 2.40. The largest absolute Gasteiger partial charge is 0.444 e. The van der Waals surface area contributed by atoms with E-state index in [1.165, 1.54) is 6.26 Å². The highest BCUT2D eigenvalue weighted by atomic mass is 16.3. The zero-order chi connectivity index (χ0) is 13.9. The van der Waals surface area contributed by atoms with Crippen LogP contribution in [0.2, 0.25) is 0 Å². The maximum absolute atomic E-state index is 12.4. The molecular weight excluding hydrogens is 254 g/mol. The lowest BCUT2D eigenvalue weighted by molar-refractivity contribution is 0.0738. The molecule has 1 unspecified atom stereocenters. The number of aromatic nitrogens is 1. The van der Waals surface area contributed by atoms with Gasteiger partial charge in [-0.3, -0.25) is 4.79 Å². The molecular formula is C15H17N3O2. The molecule has 5 nitrogen and oxygen atoms in total. The van der Waals surface area contributed by atoms with Crippen LogP contribution in [0, 0.1) is 0 Å². The third-order valence-electron chi connectivity index (χ3n) is 3.65. The van der Waals surface area contributed by atoms with Crippen molar-refractivity contribution in [2.24, 2.45) is 0 Å². The van der Waals surface area contributed by atoms with Crippen molar-refractivity contribution in [2.45, 2.75) is 12.5 Å². The molecule has 1 aromatic carbocycles. The van der Waals surface area contributed by atoms with Gasteiger partial charge in [0.05, 0.1) is 0 Å². The van der Waals surface area contributed by atoms with Crippen LogP contribution in [0.5, 0.6) is 0 Å². The Labute approximate surface area is 117 Å². The monoisotopic (exact) mass is 271 g/mol. The summed E-state index contributed by atoms with van der Waals surface area (Å²) in [7, 11) is 1.82. The minimum Gasteiger partial charge on any atom is -0.444 e. The van der Waals surface area contributed by atoms with E-state index in [0.717, 1.165) is 25.1 Å². The Bertz CT molecular complexity index is 588. The van der Waals surface area contributed by atoms with Crippen molar-refractivity contribution in [3.63, 3.8) is 0 Å².